The third-order valence-corrected chi connectivity index (χ3v) is 2.68. The first-order chi connectivity index (χ1) is 5.81. The van der Waals surface area contributed by atoms with Gasteiger partial charge in [-0.3, -0.25) is 0 Å². The zero-order valence-electron chi connectivity index (χ0n) is 8.84. The summed E-state index contributed by atoms with van der Waals surface area (Å²) in [5.41, 5.74) is 22.1. The summed E-state index contributed by atoms with van der Waals surface area (Å²) < 4.78 is 0. The molecule has 0 aromatic rings. The first kappa shape index (κ1) is 12.8. The molecule has 0 saturated carbocycles. The van der Waals surface area contributed by atoms with Crippen LogP contribution in [0.25, 0.3) is 0 Å². The van der Waals surface area contributed by atoms with Crippen molar-refractivity contribution in [2.45, 2.75) is 45.3 Å². The van der Waals surface area contributed by atoms with Crippen molar-refractivity contribution < 1.29 is 0 Å². The Kier molecular flexibility index (Phi) is 4.85. The fraction of sp³-hybridized carbons (Fsp3) is 1.00. The van der Waals surface area contributed by atoms with E-state index in [2.05, 4.69) is 0 Å². The second-order valence-corrected chi connectivity index (χ2v) is 4.42. The standard InChI is InChI=1S/C9H24N4/c1-8(2,9(11,12)13)6-4-3-5-7-10/h3-7,10-13H2,1-2H3. The molecule has 0 unspecified atom stereocenters. The number of rotatable bonds is 6. The fourth-order valence-corrected chi connectivity index (χ4v) is 1.10. The lowest BCUT2D eigenvalue weighted by atomic mass is 9.80. The van der Waals surface area contributed by atoms with E-state index in [1.165, 1.54) is 0 Å². The van der Waals surface area contributed by atoms with Gasteiger partial charge in [-0.15, -0.1) is 0 Å². The van der Waals surface area contributed by atoms with Gasteiger partial charge >= 0.3 is 0 Å². The topological polar surface area (TPSA) is 104 Å². The number of hydrogen-bond donors (Lipinski definition) is 4. The molecule has 0 atom stereocenters. The van der Waals surface area contributed by atoms with Crippen molar-refractivity contribution in [3.05, 3.63) is 0 Å². The molecule has 4 nitrogen and oxygen atoms in total. The predicted molar refractivity (Wildman–Crippen MR) is 56.6 cm³/mol. The molecule has 4 heteroatoms. The summed E-state index contributed by atoms with van der Waals surface area (Å²) in [5.74, 6) is -1.09. The van der Waals surface area contributed by atoms with E-state index in [1.54, 1.807) is 0 Å². The summed E-state index contributed by atoms with van der Waals surface area (Å²) in [5, 5.41) is 0. The van der Waals surface area contributed by atoms with Crippen LogP contribution in [0.1, 0.15) is 39.5 Å². The maximum absolute atomic E-state index is 5.66. The van der Waals surface area contributed by atoms with Gasteiger partial charge in [-0.1, -0.05) is 26.7 Å². The number of unbranched alkanes of at least 4 members (excludes halogenated alkanes) is 2. The minimum atomic E-state index is -1.09. The average Bonchev–Trinajstić information content (AvgIpc) is 1.96. The predicted octanol–water partition coefficient (Wildman–Crippen LogP) is 0.0616. The molecule has 0 spiro atoms. The van der Waals surface area contributed by atoms with Gasteiger partial charge in [0.1, 0.15) is 5.79 Å². The Morgan fingerprint density at radius 3 is 1.85 bits per heavy atom. The summed E-state index contributed by atoms with van der Waals surface area (Å²) in [6.45, 7) is 4.74. The van der Waals surface area contributed by atoms with E-state index in [9.17, 15) is 0 Å². The van der Waals surface area contributed by atoms with E-state index in [0.29, 0.717) is 0 Å². The van der Waals surface area contributed by atoms with E-state index >= 15 is 0 Å². The highest BCUT2D eigenvalue weighted by molar-refractivity contribution is 4.87. The molecule has 0 fully saturated rings. The van der Waals surface area contributed by atoms with E-state index in [-0.39, 0.29) is 5.41 Å². The highest BCUT2D eigenvalue weighted by atomic mass is 15.1. The van der Waals surface area contributed by atoms with Gasteiger partial charge < -0.3 is 22.9 Å². The van der Waals surface area contributed by atoms with Crippen LogP contribution in [0.5, 0.6) is 0 Å². The lowest BCUT2D eigenvalue weighted by Gasteiger charge is -2.37. The quantitative estimate of drug-likeness (QED) is 0.349. The Hall–Kier alpha value is -0.160. The van der Waals surface area contributed by atoms with Crippen molar-refractivity contribution in [3.8, 4) is 0 Å². The van der Waals surface area contributed by atoms with E-state index in [1.807, 2.05) is 13.8 Å². The third-order valence-electron chi connectivity index (χ3n) is 2.68. The average molecular weight is 188 g/mol. The van der Waals surface area contributed by atoms with Gasteiger partial charge in [-0.05, 0) is 19.4 Å². The minimum Gasteiger partial charge on any atom is -0.330 e. The van der Waals surface area contributed by atoms with Crippen molar-refractivity contribution in [3.63, 3.8) is 0 Å². The zero-order chi connectivity index (χ0) is 10.5. The van der Waals surface area contributed by atoms with Crippen LogP contribution in [0.4, 0.5) is 0 Å². The molecule has 0 rings (SSSR count). The molecule has 0 radical (unpaired) electrons. The van der Waals surface area contributed by atoms with Gasteiger partial charge in [0.05, 0.1) is 0 Å². The molecule has 0 heterocycles. The van der Waals surface area contributed by atoms with Crippen molar-refractivity contribution >= 4 is 0 Å². The maximum atomic E-state index is 5.66. The van der Waals surface area contributed by atoms with Gasteiger partial charge in [0, 0.05) is 5.41 Å². The number of nitrogens with two attached hydrogens (primary N) is 4. The third kappa shape index (κ3) is 4.57. The Morgan fingerprint density at radius 1 is 0.923 bits per heavy atom. The van der Waals surface area contributed by atoms with Crippen LogP contribution >= 0.6 is 0 Å². The summed E-state index contributed by atoms with van der Waals surface area (Å²) in [6.07, 6.45) is 4.20. The molecule has 0 bridgehead atoms. The zero-order valence-corrected chi connectivity index (χ0v) is 8.84. The lowest BCUT2D eigenvalue weighted by molar-refractivity contribution is 0.156. The van der Waals surface area contributed by atoms with E-state index < -0.39 is 5.79 Å². The lowest BCUT2D eigenvalue weighted by Crippen LogP contribution is -2.67. The van der Waals surface area contributed by atoms with Crippen molar-refractivity contribution in [2.75, 3.05) is 6.54 Å². The SMILES string of the molecule is CC(C)(CCCCCN)C(N)(N)N. The molecule has 13 heavy (non-hydrogen) atoms. The summed E-state index contributed by atoms with van der Waals surface area (Å²) in [4.78, 5) is 0. The molecule has 0 saturated heterocycles. The van der Waals surface area contributed by atoms with E-state index in [0.717, 1.165) is 32.2 Å². The smallest absolute Gasteiger partial charge is 0.121 e. The summed E-state index contributed by atoms with van der Waals surface area (Å²) >= 11 is 0. The van der Waals surface area contributed by atoms with Crippen molar-refractivity contribution in [2.24, 2.45) is 28.3 Å². The van der Waals surface area contributed by atoms with Gasteiger partial charge in [0.25, 0.3) is 0 Å². The normalized spacial score (nSPS) is 13.4. The van der Waals surface area contributed by atoms with Crippen LogP contribution in [0.3, 0.4) is 0 Å². The van der Waals surface area contributed by atoms with Gasteiger partial charge in [-0.25, -0.2) is 0 Å². The molecule has 8 N–H and O–H groups in total. The van der Waals surface area contributed by atoms with Crippen LogP contribution in [0, 0.1) is 5.41 Å². The van der Waals surface area contributed by atoms with Gasteiger partial charge in [0.15, 0.2) is 0 Å². The monoisotopic (exact) mass is 188 g/mol. The minimum absolute atomic E-state index is 0.221. The van der Waals surface area contributed by atoms with E-state index in [4.69, 9.17) is 22.9 Å². The first-order valence-electron chi connectivity index (χ1n) is 4.88. The fourth-order valence-electron chi connectivity index (χ4n) is 1.10. The Bertz CT molecular complexity index is 137. The molecule has 0 amide bonds. The summed E-state index contributed by atoms with van der Waals surface area (Å²) in [7, 11) is 0. The van der Waals surface area contributed by atoms with Gasteiger partial charge in [0.2, 0.25) is 0 Å². The molecule has 80 valence electrons. The molecule has 0 aliphatic rings. The van der Waals surface area contributed by atoms with Crippen molar-refractivity contribution in [1.29, 1.82) is 0 Å². The molecular weight excluding hydrogens is 164 g/mol. The Morgan fingerprint density at radius 2 is 1.46 bits per heavy atom. The highest BCUT2D eigenvalue weighted by Gasteiger charge is 2.33. The van der Waals surface area contributed by atoms with Gasteiger partial charge in [-0.2, -0.15) is 0 Å². The van der Waals surface area contributed by atoms with Crippen LogP contribution < -0.4 is 22.9 Å². The molecular formula is C9H24N4. The van der Waals surface area contributed by atoms with Crippen molar-refractivity contribution in [1.82, 2.24) is 0 Å². The molecule has 0 aliphatic carbocycles. The Balaban J connectivity index is 3.77. The molecule has 0 aliphatic heterocycles. The van der Waals surface area contributed by atoms with Crippen LogP contribution in [0.15, 0.2) is 0 Å². The molecule has 0 aromatic heterocycles. The number of hydrogen-bond acceptors (Lipinski definition) is 4. The second kappa shape index (κ2) is 4.91. The maximum Gasteiger partial charge on any atom is 0.121 e. The Labute approximate surface area is 81.0 Å². The van der Waals surface area contributed by atoms with Crippen LogP contribution in [0.2, 0.25) is 0 Å². The first-order valence-corrected chi connectivity index (χ1v) is 4.88. The van der Waals surface area contributed by atoms with Crippen LogP contribution in [-0.2, 0) is 0 Å². The molecule has 0 aromatic carbocycles. The van der Waals surface area contributed by atoms with Crippen LogP contribution in [-0.4, -0.2) is 12.3 Å². The second-order valence-electron chi connectivity index (χ2n) is 4.42. The highest BCUT2D eigenvalue weighted by Crippen LogP contribution is 2.28. The summed E-state index contributed by atoms with van der Waals surface area (Å²) in [6, 6.07) is 0. The largest absolute Gasteiger partial charge is 0.330 e.